The van der Waals surface area contributed by atoms with Gasteiger partial charge in [-0.15, -0.1) is 0 Å². The van der Waals surface area contributed by atoms with Gasteiger partial charge in [0, 0.05) is 27.3 Å². The molecule has 98 valence electrons. The standard InChI is InChI=1S/C12H14Cl2N2O2/c1-15-8-5-10(12(17)18-2)16-9-4-6(13)3-7(14)11(8)9/h3-4,8,10,15-16H,5H2,1-2H3/t8-,10+/m1/s1. The maximum Gasteiger partial charge on any atom is 0.328 e. The molecular weight excluding hydrogens is 275 g/mol. The van der Waals surface area contributed by atoms with E-state index in [0.29, 0.717) is 16.5 Å². The molecule has 1 heterocycles. The molecule has 0 saturated heterocycles. The van der Waals surface area contributed by atoms with Gasteiger partial charge in [-0.25, -0.2) is 4.79 Å². The van der Waals surface area contributed by atoms with Crippen molar-refractivity contribution in [2.24, 2.45) is 0 Å². The summed E-state index contributed by atoms with van der Waals surface area (Å²) in [4.78, 5) is 11.6. The second-order valence-electron chi connectivity index (χ2n) is 4.15. The minimum Gasteiger partial charge on any atom is -0.467 e. The topological polar surface area (TPSA) is 50.4 Å². The number of hydrogen-bond acceptors (Lipinski definition) is 4. The maximum absolute atomic E-state index is 11.6. The van der Waals surface area contributed by atoms with Crippen molar-refractivity contribution in [2.75, 3.05) is 19.5 Å². The second kappa shape index (κ2) is 5.34. The maximum atomic E-state index is 11.6. The summed E-state index contributed by atoms with van der Waals surface area (Å²) < 4.78 is 4.76. The summed E-state index contributed by atoms with van der Waals surface area (Å²) in [5, 5.41) is 7.39. The second-order valence-corrected chi connectivity index (χ2v) is 4.99. The highest BCUT2D eigenvalue weighted by atomic mass is 35.5. The van der Waals surface area contributed by atoms with Crippen LogP contribution in [-0.4, -0.2) is 26.2 Å². The van der Waals surface area contributed by atoms with Gasteiger partial charge < -0.3 is 15.4 Å². The minimum atomic E-state index is -0.394. The van der Waals surface area contributed by atoms with Crippen LogP contribution in [0.2, 0.25) is 10.0 Å². The van der Waals surface area contributed by atoms with E-state index in [2.05, 4.69) is 10.6 Å². The van der Waals surface area contributed by atoms with Crippen LogP contribution in [0.15, 0.2) is 12.1 Å². The van der Waals surface area contributed by atoms with E-state index in [9.17, 15) is 4.79 Å². The average molecular weight is 289 g/mol. The van der Waals surface area contributed by atoms with Crippen molar-refractivity contribution in [3.63, 3.8) is 0 Å². The molecule has 4 nitrogen and oxygen atoms in total. The number of fused-ring (bicyclic) bond motifs is 1. The molecule has 1 aliphatic rings. The largest absolute Gasteiger partial charge is 0.467 e. The van der Waals surface area contributed by atoms with Crippen molar-refractivity contribution in [3.8, 4) is 0 Å². The van der Waals surface area contributed by atoms with Gasteiger partial charge in [0.15, 0.2) is 0 Å². The van der Waals surface area contributed by atoms with Gasteiger partial charge in [-0.2, -0.15) is 0 Å². The third-order valence-corrected chi connectivity index (χ3v) is 3.61. The number of nitrogens with one attached hydrogen (secondary N) is 2. The Labute approximate surface area is 116 Å². The zero-order valence-electron chi connectivity index (χ0n) is 10.1. The first kappa shape index (κ1) is 13.5. The molecule has 0 aliphatic carbocycles. The summed E-state index contributed by atoms with van der Waals surface area (Å²) in [5.74, 6) is -0.294. The molecule has 18 heavy (non-hydrogen) atoms. The monoisotopic (exact) mass is 288 g/mol. The number of ether oxygens (including phenoxy) is 1. The fourth-order valence-electron chi connectivity index (χ4n) is 2.22. The molecule has 0 unspecified atom stereocenters. The summed E-state index contributed by atoms with van der Waals surface area (Å²) in [5.41, 5.74) is 1.71. The van der Waals surface area contributed by atoms with Gasteiger partial charge in [0.1, 0.15) is 6.04 Å². The third kappa shape index (κ3) is 2.41. The van der Waals surface area contributed by atoms with Crippen LogP contribution in [-0.2, 0) is 9.53 Å². The number of hydrogen-bond donors (Lipinski definition) is 2. The number of carbonyl (C=O) groups is 1. The van der Waals surface area contributed by atoms with E-state index in [1.807, 2.05) is 7.05 Å². The fraction of sp³-hybridized carbons (Fsp3) is 0.417. The predicted molar refractivity (Wildman–Crippen MR) is 72.3 cm³/mol. The average Bonchev–Trinajstić information content (AvgIpc) is 2.35. The van der Waals surface area contributed by atoms with E-state index in [0.717, 1.165) is 11.3 Å². The zero-order valence-corrected chi connectivity index (χ0v) is 11.6. The van der Waals surface area contributed by atoms with E-state index in [4.69, 9.17) is 27.9 Å². The molecule has 2 atom stereocenters. The van der Waals surface area contributed by atoms with Gasteiger partial charge in [-0.05, 0) is 25.6 Å². The highest BCUT2D eigenvalue weighted by Crippen LogP contribution is 2.39. The molecule has 0 fully saturated rings. The lowest BCUT2D eigenvalue weighted by Crippen LogP contribution is -2.39. The van der Waals surface area contributed by atoms with Crippen LogP contribution in [0.3, 0.4) is 0 Å². The highest BCUT2D eigenvalue weighted by Gasteiger charge is 2.32. The Morgan fingerprint density at radius 1 is 1.50 bits per heavy atom. The van der Waals surface area contributed by atoms with Crippen molar-refractivity contribution in [2.45, 2.75) is 18.5 Å². The van der Waals surface area contributed by atoms with E-state index >= 15 is 0 Å². The number of carbonyl (C=O) groups excluding carboxylic acids is 1. The Kier molecular flexibility index (Phi) is 4.00. The van der Waals surface area contributed by atoms with Gasteiger partial charge >= 0.3 is 5.97 Å². The van der Waals surface area contributed by atoms with Crippen LogP contribution >= 0.6 is 23.2 Å². The molecule has 0 spiro atoms. The van der Waals surface area contributed by atoms with Crippen LogP contribution in [0, 0.1) is 0 Å². The van der Waals surface area contributed by atoms with Crippen LogP contribution in [0.4, 0.5) is 5.69 Å². The first-order chi connectivity index (χ1) is 8.56. The third-order valence-electron chi connectivity index (χ3n) is 3.08. The Hall–Kier alpha value is -0.970. The van der Waals surface area contributed by atoms with E-state index in [1.165, 1.54) is 7.11 Å². The molecular formula is C12H14Cl2N2O2. The van der Waals surface area contributed by atoms with Crippen molar-refractivity contribution in [3.05, 3.63) is 27.7 Å². The lowest BCUT2D eigenvalue weighted by molar-refractivity contribution is -0.141. The summed E-state index contributed by atoms with van der Waals surface area (Å²) in [7, 11) is 3.21. The predicted octanol–water partition coefficient (Wildman–Crippen LogP) is 2.61. The minimum absolute atomic E-state index is 0.00452. The van der Waals surface area contributed by atoms with Crippen LogP contribution < -0.4 is 10.6 Å². The molecule has 0 aromatic heterocycles. The van der Waals surface area contributed by atoms with Crippen LogP contribution in [0.25, 0.3) is 0 Å². The van der Waals surface area contributed by atoms with E-state index in [1.54, 1.807) is 12.1 Å². The molecule has 2 N–H and O–H groups in total. The first-order valence-electron chi connectivity index (χ1n) is 5.57. The van der Waals surface area contributed by atoms with Gasteiger partial charge in [0.25, 0.3) is 0 Å². The van der Waals surface area contributed by atoms with Gasteiger partial charge in [0.2, 0.25) is 0 Å². The SMILES string of the molecule is CN[C@@H]1C[C@@H](C(=O)OC)Nc2cc(Cl)cc(Cl)c21. The summed E-state index contributed by atoms with van der Waals surface area (Å²) in [6.45, 7) is 0. The van der Waals surface area contributed by atoms with Gasteiger partial charge in [-0.3, -0.25) is 0 Å². The molecule has 2 rings (SSSR count). The number of rotatable bonds is 2. The molecule has 0 saturated carbocycles. The zero-order chi connectivity index (χ0) is 13.3. The Bertz CT molecular complexity index is 479. The lowest BCUT2D eigenvalue weighted by atomic mass is 9.93. The summed E-state index contributed by atoms with van der Waals surface area (Å²) in [6, 6.07) is 3.07. The Balaban J connectivity index is 2.42. The van der Waals surface area contributed by atoms with E-state index in [-0.39, 0.29) is 12.0 Å². The van der Waals surface area contributed by atoms with Crippen molar-refractivity contribution >= 4 is 34.9 Å². The van der Waals surface area contributed by atoms with Crippen molar-refractivity contribution < 1.29 is 9.53 Å². The summed E-state index contributed by atoms with van der Waals surface area (Å²) >= 11 is 12.2. The van der Waals surface area contributed by atoms with Gasteiger partial charge in [0.05, 0.1) is 7.11 Å². The molecule has 0 bridgehead atoms. The molecule has 1 aliphatic heterocycles. The van der Waals surface area contributed by atoms with Crippen LogP contribution in [0.1, 0.15) is 18.0 Å². The smallest absolute Gasteiger partial charge is 0.328 e. The normalized spacial score (nSPS) is 22.0. The number of benzene rings is 1. The summed E-state index contributed by atoms with van der Waals surface area (Å²) in [6.07, 6.45) is 0.581. The highest BCUT2D eigenvalue weighted by molar-refractivity contribution is 6.35. The number of anilines is 1. The molecule has 0 amide bonds. The molecule has 6 heteroatoms. The molecule has 1 aromatic rings. The lowest BCUT2D eigenvalue weighted by Gasteiger charge is -2.32. The molecule has 0 radical (unpaired) electrons. The molecule has 1 aromatic carbocycles. The van der Waals surface area contributed by atoms with E-state index < -0.39 is 6.04 Å². The fourth-order valence-corrected chi connectivity index (χ4v) is 2.84. The van der Waals surface area contributed by atoms with Crippen LogP contribution in [0.5, 0.6) is 0 Å². The first-order valence-corrected chi connectivity index (χ1v) is 6.33. The Morgan fingerprint density at radius 2 is 2.22 bits per heavy atom. The van der Waals surface area contributed by atoms with Crippen molar-refractivity contribution in [1.82, 2.24) is 5.32 Å². The number of methoxy groups -OCH3 is 1. The van der Waals surface area contributed by atoms with Crippen molar-refractivity contribution in [1.29, 1.82) is 0 Å². The quantitative estimate of drug-likeness (QED) is 0.822. The van der Waals surface area contributed by atoms with Gasteiger partial charge in [-0.1, -0.05) is 23.2 Å². The number of esters is 1. The Morgan fingerprint density at radius 3 is 2.83 bits per heavy atom. The number of halogens is 2.